The van der Waals surface area contributed by atoms with Crippen molar-refractivity contribution < 1.29 is 14.5 Å². The van der Waals surface area contributed by atoms with Crippen LogP contribution in [-0.2, 0) is 9.53 Å². The molecule has 9 heteroatoms. The fraction of sp³-hybridized carbons (Fsp3) is 0.350. The topological polar surface area (TPSA) is 118 Å². The molecule has 2 unspecified atom stereocenters. The number of fused-ring (bicyclic) bond motifs is 1. The van der Waals surface area contributed by atoms with Gasteiger partial charge >= 0.3 is 5.97 Å². The molecule has 2 heterocycles. The maximum absolute atomic E-state index is 12.9. The summed E-state index contributed by atoms with van der Waals surface area (Å²) in [4.78, 5) is 45.2. The number of likely N-dealkylation sites (N-methyl/N-ethyl adjacent to an activating group) is 1. The van der Waals surface area contributed by atoms with E-state index in [-0.39, 0.29) is 17.9 Å². The highest BCUT2D eigenvalue weighted by Gasteiger charge is 2.40. The summed E-state index contributed by atoms with van der Waals surface area (Å²) in [5, 5.41) is 11.3. The lowest BCUT2D eigenvalue weighted by Gasteiger charge is -2.30. The zero-order valence-electron chi connectivity index (χ0n) is 16.4. The van der Waals surface area contributed by atoms with Crippen LogP contribution in [-0.4, -0.2) is 53.7 Å². The van der Waals surface area contributed by atoms with E-state index in [0.717, 1.165) is 0 Å². The molecule has 0 bridgehead atoms. The predicted octanol–water partition coefficient (Wildman–Crippen LogP) is 2.24. The molecule has 2 aromatic rings. The number of nitrogens with one attached hydrogen (secondary N) is 1. The van der Waals surface area contributed by atoms with E-state index >= 15 is 0 Å². The molecule has 0 radical (unpaired) electrons. The molecule has 0 aliphatic carbocycles. The van der Waals surface area contributed by atoms with E-state index in [1.54, 1.807) is 25.1 Å². The van der Waals surface area contributed by atoms with Gasteiger partial charge in [0.25, 0.3) is 11.2 Å². The fourth-order valence-electron chi connectivity index (χ4n) is 3.46. The molecule has 0 saturated carbocycles. The van der Waals surface area contributed by atoms with Crippen molar-refractivity contribution in [2.75, 3.05) is 27.2 Å². The minimum atomic E-state index is -0.852. The zero-order chi connectivity index (χ0) is 21.1. The lowest BCUT2D eigenvalue weighted by molar-refractivity contribution is -0.384. The number of nitro groups is 1. The number of aromatic amines is 1. The quantitative estimate of drug-likeness (QED) is 0.453. The molecule has 2 atom stereocenters. The maximum atomic E-state index is 12.9. The van der Waals surface area contributed by atoms with Crippen molar-refractivity contribution in [3.63, 3.8) is 0 Å². The first-order chi connectivity index (χ1) is 13.8. The Bertz CT molecular complexity index is 1030. The Morgan fingerprint density at radius 2 is 2.10 bits per heavy atom. The number of ether oxygens (including phenoxy) is 1. The van der Waals surface area contributed by atoms with E-state index in [1.807, 2.05) is 19.0 Å². The number of nitro benzene ring substituents is 1. The van der Waals surface area contributed by atoms with Crippen molar-refractivity contribution >= 4 is 23.1 Å². The molecule has 0 saturated heterocycles. The van der Waals surface area contributed by atoms with E-state index in [9.17, 15) is 19.7 Å². The Morgan fingerprint density at radius 3 is 2.79 bits per heavy atom. The maximum Gasteiger partial charge on any atom is 0.315 e. The van der Waals surface area contributed by atoms with Gasteiger partial charge in [-0.25, -0.2) is 0 Å². The monoisotopic (exact) mass is 398 g/mol. The van der Waals surface area contributed by atoms with Crippen LogP contribution in [0.3, 0.4) is 0 Å². The van der Waals surface area contributed by atoms with Crippen molar-refractivity contribution in [2.45, 2.75) is 12.8 Å². The van der Waals surface area contributed by atoms with Gasteiger partial charge in [0.15, 0.2) is 0 Å². The number of esters is 1. The van der Waals surface area contributed by atoms with Crippen molar-refractivity contribution in [3.05, 3.63) is 68.1 Å². The van der Waals surface area contributed by atoms with Crippen LogP contribution < -0.4 is 5.56 Å². The Morgan fingerprint density at radius 1 is 1.34 bits per heavy atom. The molecular formula is C20H22N4O5. The van der Waals surface area contributed by atoms with Gasteiger partial charge in [-0.15, -0.1) is 0 Å². The highest BCUT2D eigenvalue weighted by Crippen LogP contribution is 2.41. The lowest BCUT2D eigenvalue weighted by atomic mass is 9.76. The zero-order valence-corrected chi connectivity index (χ0v) is 16.4. The summed E-state index contributed by atoms with van der Waals surface area (Å²) in [6.07, 6.45) is 1.48. The highest BCUT2D eigenvalue weighted by atomic mass is 16.6. The Kier molecular flexibility index (Phi) is 5.88. The molecule has 1 aromatic carbocycles. The number of carbonyl (C=O) groups excluding carboxylic acids is 1. The van der Waals surface area contributed by atoms with Crippen molar-refractivity contribution in [1.29, 1.82) is 0 Å². The molecule has 29 heavy (non-hydrogen) atoms. The SMILES string of the molecule is CC1=Nc2cc[nH]c(=O)c2C(c2cccc([N+](=O)[O-])c2)C1C(=O)OCCN(C)C. The molecule has 1 aliphatic heterocycles. The minimum absolute atomic E-state index is 0.115. The first-order valence-electron chi connectivity index (χ1n) is 9.12. The van der Waals surface area contributed by atoms with Crippen LogP contribution in [0.5, 0.6) is 0 Å². The van der Waals surface area contributed by atoms with Gasteiger partial charge in [0.05, 0.1) is 16.2 Å². The van der Waals surface area contributed by atoms with E-state index in [0.29, 0.717) is 29.1 Å². The lowest BCUT2D eigenvalue weighted by Crippen LogP contribution is -2.37. The van der Waals surface area contributed by atoms with Gasteiger partial charge in [0.2, 0.25) is 0 Å². The van der Waals surface area contributed by atoms with Crippen LogP contribution in [0, 0.1) is 16.0 Å². The first kappa shape index (κ1) is 20.4. The highest BCUT2D eigenvalue weighted by molar-refractivity contribution is 6.05. The molecule has 3 rings (SSSR count). The second-order valence-electron chi connectivity index (χ2n) is 7.14. The second kappa shape index (κ2) is 8.36. The summed E-state index contributed by atoms with van der Waals surface area (Å²) < 4.78 is 5.44. The summed E-state index contributed by atoms with van der Waals surface area (Å²) in [5.41, 5.74) is 1.22. The van der Waals surface area contributed by atoms with Gasteiger partial charge in [-0.05, 0) is 32.6 Å². The van der Waals surface area contributed by atoms with Gasteiger partial charge in [-0.1, -0.05) is 12.1 Å². The first-order valence-corrected chi connectivity index (χ1v) is 9.12. The van der Waals surface area contributed by atoms with Gasteiger partial charge in [-0.2, -0.15) is 0 Å². The number of hydrogen-bond donors (Lipinski definition) is 1. The van der Waals surface area contributed by atoms with E-state index in [4.69, 9.17) is 4.74 Å². The van der Waals surface area contributed by atoms with E-state index in [2.05, 4.69) is 9.98 Å². The predicted molar refractivity (Wildman–Crippen MR) is 108 cm³/mol. The van der Waals surface area contributed by atoms with Crippen molar-refractivity contribution in [3.8, 4) is 0 Å². The smallest absolute Gasteiger partial charge is 0.315 e. The number of benzene rings is 1. The standard InChI is InChI=1S/C20H22N4O5/c1-12-16(20(26)29-10-9-23(2)3)17(13-5-4-6-14(11-13)24(27)28)18-15(22-12)7-8-21-19(18)25/h4-8,11,16-17H,9-10H2,1-3H3,(H,21,25). The molecular weight excluding hydrogens is 376 g/mol. The number of H-pyrrole nitrogens is 1. The summed E-state index contributed by atoms with van der Waals surface area (Å²) in [6.45, 7) is 2.44. The molecule has 1 aromatic heterocycles. The summed E-state index contributed by atoms with van der Waals surface area (Å²) >= 11 is 0. The number of nitrogens with zero attached hydrogens (tertiary/aromatic N) is 3. The summed E-state index contributed by atoms with van der Waals surface area (Å²) in [6, 6.07) is 7.62. The van der Waals surface area contributed by atoms with Crippen LogP contribution in [0.2, 0.25) is 0 Å². The van der Waals surface area contributed by atoms with Crippen LogP contribution in [0.25, 0.3) is 0 Å². The van der Waals surface area contributed by atoms with Gasteiger partial charge < -0.3 is 14.6 Å². The normalized spacial score (nSPS) is 18.1. The molecule has 152 valence electrons. The summed E-state index contributed by atoms with van der Waals surface area (Å²) in [5.74, 6) is -2.10. The molecule has 0 spiro atoms. The molecule has 0 fully saturated rings. The average Bonchev–Trinajstić information content (AvgIpc) is 2.66. The number of carbonyl (C=O) groups is 1. The van der Waals surface area contributed by atoms with Crippen LogP contribution in [0.4, 0.5) is 11.4 Å². The van der Waals surface area contributed by atoms with Crippen molar-refractivity contribution in [1.82, 2.24) is 9.88 Å². The molecule has 0 amide bonds. The number of aromatic nitrogens is 1. The number of rotatable bonds is 6. The third-order valence-electron chi connectivity index (χ3n) is 4.84. The average molecular weight is 398 g/mol. The molecule has 1 aliphatic rings. The van der Waals surface area contributed by atoms with Gasteiger partial charge in [0, 0.05) is 36.5 Å². The van der Waals surface area contributed by atoms with Gasteiger partial charge in [-0.3, -0.25) is 24.7 Å². The Labute approximate surface area is 167 Å². The number of non-ortho nitro benzene ring substituents is 1. The third kappa shape index (κ3) is 4.24. The minimum Gasteiger partial charge on any atom is -0.464 e. The van der Waals surface area contributed by atoms with Crippen LogP contribution in [0.15, 0.2) is 46.3 Å². The fourth-order valence-corrected chi connectivity index (χ4v) is 3.46. The Balaban J connectivity index is 2.10. The van der Waals surface area contributed by atoms with Crippen LogP contribution in [0.1, 0.15) is 24.0 Å². The largest absolute Gasteiger partial charge is 0.464 e. The third-order valence-corrected chi connectivity index (χ3v) is 4.84. The van der Waals surface area contributed by atoms with Crippen molar-refractivity contribution in [2.24, 2.45) is 10.9 Å². The molecule has 9 nitrogen and oxygen atoms in total. The van der Waals surface area contributed by atoms with E-state index < -0.39 is 22.7 Å². The van der Waals surface area contributed by atoms with E-state index in [1.165, 1.54) is 18.3 Å². The molecule has 1 N–H and O–H groups in total. The number of pyridine rings is 1. The summed E-state index contributed by atoms with van der Waals surface area (Å²) in [7, 11) is 3.73. The second-order valence-corrected chi connectivity index (χ2v) is 7.14. The number of aliphatic imine (C=N–C) groups is 1. The Hall–Kier alpha value is -3.33. The number of hydrogen-bond acceptors (Lipinski definition) is 7. The van der Waals surface area contributed by atoms with Gasteiger partial charge in [0.1, 0.15) is 12.5 Å². The van der Waals surface area contributed by atoms with Crippen LogP contribution >= 0.6 is 0 Å².